The summed E-state index contributed by atoms with van der Waals surface area (Å²) in [6.45, 7) is 3.17. The molecule has 0 amide bonds. The van der Waals surface area contributed by atoms with Crippen LogP contribution in [0.15, 0.2) is 41.9 Å². The Balaban J connectivity index is 1.76. The lowest BCUT2D eigenvalue weighted by molar-refractivity contribution is 0.581. The summed E-state index contributed by atoms with van der Waals surface area (Å²) in [5.41, 5.74) is 1.15. The molecule has 2 rings (SSSR count). The Labute approximate surface area is 100 Å². The molecule has 0 aliphatic carbocycles. The Bertz CT molecular complexity index is 397. The number of nitrogens with one attached hydrogen (secondary N) is 1. The molecule has 0 bridgehead atoms. The first-order chi connectivity index (χ1) is 7.86. The maximum Gasteiger partial charge on any atom is 0.0416 e. The topological polar surface area (TPSA) is 24.9 Å². The zero-order chi connectivity index (χ0) is 11.2. The van der Waals surface area contributed by atoms with E-state index in [0.717, 1.165) is 18.7 Å². The summed E-state index contributed by atoms with van der Waals surface area (Å²) in [4.78, 5) is 5.69. The molecule has 0 aliphatic heterocycles. The van der Waals surface area contributed by atoms with Crippen LogP contribution in [0.1, 0.15) is 23.5 Å². The molecule has 0 aromatic carbocycles. The highest BCUT2D eigenvalue weighted by atomic mass is 32.1. The van der Waals surface area contributed by atoms with Gasteiger partial charge in [-0.25, -0.2) is 0 Å². The Morgan fingerprint density at radius 3 is 2.94 bits per heavy atom. The van der Waals surface area contributed by atoms with Crippen LogP contribution in [0.3, 0.4) is 0 Å². The number of thiophene rings is 1. The predicted octanol–water partition coefficient (Wildman–Crippen LogP) is 3.04. The van der Waals surface area contributed by atoms with Gasteiger partial charge in [-0.2, -0.15) is 0 Å². The molecule has 2 aromatic heterocycles. The maximum absolute atomic E-state index is 4.30. The minimum absolute atomic E-state index is 0.434. The van der Waals surface area contributed by atoms with E-state index in [2.05, 4.69) is 40.8 Å². The average molecular weight is 232 g/mol. The first-order valence-electron chi connectivity index (χ1n) is 5.53. The highest BCUT2D eigenvalue weighted by Crippen LogP contribution is 2.17. The summed E-state index contributed by atoms with van der Waals surface area (Å²) in [5, 5.41) is 5.62. The van der Waals surface area contributed by atoms with Crippen molar-refractivity contribution in [3.8, 4) is 0 Å². The summed E-state index contributed by atoms with van der Waals surface area (Å²) in [5.74, 6) is 0. The van der Waals surface area contributed by atoms with Gasteiger partial charge in [0.25, 0.3) is 0 Å². The lowest BCUT2D eigenvalue weighted by Crippen LogP contribution is -2.20. The molecule has 2 nitrogen and oxygen atoms in total. The third-order valence-electron chi connectivity index (χ3n) is 2.53. The lowest BCUT2D eigenvalue weighted by atomic mass is 10.2. The zero-order valence-electron chi connectivity index (χ0n) is 9.39. The zero-order valence-corrected chi connectivity index (χ0v) is 10.2. The van der Waals surface area contributed by atoms with Gasteiger partial charge in [0.05, 0.1) is 0 Å². The first kappa shape index (κ1) is 11.3. The molecule has 0 spiro atoms. The normalized spacial score (nSPS) is 12.6. The fraction of sp³-hybridized carbons (Fsp3) is 0.308. The van der Waals surface area contributed by atoms with Crippen molar-refractivity contribution in [2.45, 2.75) is 19.4 Å². The second-order valence-corrected chi connectivity index (χ2v) is 4.74. The largest absolute Gasteiger partial charge is 0.309 e. The van der Waals surface area contributed by atoms with Gasteiger partial charge in [0.15, 0.2) is 0 Å². The predicted molar refractivity (Wildman–Crippen MR) is 68.7 cm³/mol. The Kier molecular flexibility index (Phi) is 4.08. The van der Waals surface area contributed by atoms with Crippen LogP contribution in [0.25, 0.3) is 0 Å². The SMILES string of the molecule is C[C@@H](NCCc1ccccn1)c1cccs1. The molecule has 16 heavy (non-hydrogen) atoms. The summed E-state index contributed by atoms with van der Waals surface area (Å²) >= 11 is 1.80. The van der Waals surface area contributed by atoms with Crippen molar-refractivity contribution in [3.05, 3.63) is 52.5 Å². The van der Waals surface area contributed by atoms with E-state index in [-0.39, 0.29) is 0 Å². The van der Waals surface area contributed by atoms with E-state index in [4.69, 9.17) is 0 Å². The van der Waals surface area contributed by atoms with Gasteiger partial charge in [0.1, 0.15) is 0 Å². The van der Waals surface area contributed by atoms with Crippen molar-refractivity contribution in [2.24, 2.45) is 0 Å². The van der Waals surface area contributed by atoms with Crippen molar-refractivity contribution in [1.82, 2.24) is 10.3 Å². The molecule has 0 aliphatic rings. The monoisotopic (exact) mass is 232 g/mol. The van der Waals surface area contributed by atoms with E-state index in [1.807, 2.05) is 18.3 Å². The standard InChI is InChI=1S/C13H16N2S/c1-11(13-6-4-10-16-13)14-9-7-12-5-2-3-8-15-12/h2-6,8,10-11,14H,7,9H2,1H3/t11-/m1/s1. The minimum atomic E-state index is 0.434. The average Bonchev–Trinajstić information content (AvgIpc) is 2.84. The molecular formula is C13H16N2S. The van der Waals surface area contributed by atoms with E-state index in [1.54, 1.807) is 11.3 Å². The van der Waals surface area contributed by atoms with Crippen LogP contribution in [-0.2, 0) is 6.42 Å². The molecule has 2 heterocycles. The Morgan fingerprint density at radius 1 is 1.31 bits per heavy atom. The Hall–Kier alpha value is -1.19. The van der Waals surface area contributed by atoms with E-state index in [0.29, 0.717) is 6.04 Å². The van der Waals surface area contributed by atoms with Crippen molar-refractivity contribution in [1.29, 1.82) is 0 Å². The van der Waals surface area contributed by atoms with Crippen molar-refractivity contribution >= 4 is 11.3 Å². The third-order valence-corrected chi connectivity index (χ3v) is 3.58. The third kappa shape index (κ3) is 3.15. The number of pyridine rings is 1. The second-order valence-electron chi connectivity index (χ2n) is 3.76. The van der Waals surface area contributed by atoms with Gasteiger partial charge in [-0.05, 0) is 30.5 Å². The molecule has 1 N–H and O–H groups in total. The van der Waals surface area contributed by atoms with Crippen LogP contribution >= 0.6 is 11.3 Å². The molecule has 0 saturated carbocycles. The quantitative estimate of drug-likeness (QED) is 0.857. The minimum Gasteiger partial charge on any atom is -0.309 e. The molecule has 3 heteroatoms. The lowest BCUT2D eigenvalue weighted by Gasteiger charge is -2.11. The van der Waals surface area contributed by atoms with Gasteiger partial charge in [0.2, 0.25) is 0 Å². The van der Waals surface area contributed by atoms with Gasteiger partial charge in [-0.1, -0.05) is 12.1 Å². The van der Waals surface area contributed by atoms with E-state index in [1.165, 1.54) is 4.88 Å². The van der Waals surface area contributed by atoms with Gasteiger partial charge >= 0.3 is 0 Å². The van der Waals surface area contributed by atoms with E-state index < -0.39 is 0 Å². The summed E-state index contributed by atoms with van der Waals surface area (Å²) in [6.07, 6.45) is 2.83. The van der Waals surface area contributed by atoms with Crippen LogP contribution in [0.4, 0.5) is 0 Å². The van der Waals surface area contributed by atoms with Crippen LogP contribution in [-0.4, -0.2) is 11.5 Å². The molecule has 0 saturated heterocycles. The number of hydrogen-bond acceptors (Lipinski definition) is 3. The van der Waals surface area contributed by atoms with Gasteiger partial charge in [0, 0.05) is 35.8 Å². The fourth-order valence-electron chi connectivity index (χ4n) is 1.60. The number of nitrogens with zero attached hydrogens (tertiary/aromatic N) is 1. The summed E-state index contributed by atoms with van der Waals surface area (Å²) in [7, 11) is 0. The number of aromatic nitrogens is 1. The highest BCUT2D eigenvalue weighted by Gasteiger charge is 2.04. The highest BCUT2D eigenvalue weighted by molar-refractivity contribution is 7.10. The van der Waals surface area contributed by atoms with Crippen LogP contribution in [0.2, 0.25) is 0 Å². The molecule has 2 aromatic rings. The summed E-state index contributed by atoms with van der Waals surface area (Å²) < 4.78 is 0. The van der Waals surface area contributed by atoms with Gasteiger partial charge in [-0.15, -0.1) is 11.3 Å². The first-order valence-corrected chi connectivity index (χ1v) is 6.41. The fourth-order valence-corrected chi connectivity index (χ4v) is 2.36. The molecule has 0 radical (unpaired) electrons. The summed E-state index contributed by atoms with van der Waals surface area (Å²) in [6, 6.07) is 10.7. The van der Waals surface area contributed by atoms with Crippen LogP contribution in [0.5, 0.6) is 0 Å². The maximum atomic E-state index is 4.30. The molecule has 0 fully saturated rings. The molecule has 1 atom stereocenters. The van der Waals surface area contributed by atoms with Crippen molar-refractivity contribution in [3.63, 3.8) is 0 Å². The van der Waals surface area contributed by atoms with Crippen LogP contribution < -0.4 is 5.32 Å². The second kappa shape index (κ2) is 5.77. The molecule has 0 unspecified atom stereocenters. The number of hydrogen-bond donors (Lipinski definition) is 1. The van der Waals surface area contributed by atoms with Crippen molar-refractivity contribution in [2.75, 3.05) is 6.54 Å². The van der Waals surface area contributed by atoms with Crippen molar-refractivity contribution < 1.29 is 0 Å². The van der Waals surface area contributed by atoms with E-state index in [9.17, 15) is 0 Å². The van der Waals surface area contributed by atoms with Gasteiger partial charge < -0.3 is 5.32 Å². The Morgan fingerprint density at radius 2 is 2.25 bits per heavy atom. The van der Waals surface area contributed by atoms with E-state index >= 15 is 0 Å². The molecular weight excluding hydrogens is 216 g/mol. The number of rotatable bonds is 5. The van der Waals surface area contributed by atoms with Crippen LogP contribution in [0, 0.1) is 0 Å². The molecule has 84 valence electrons. The smallest absolute Gasteiger partial charge is 0.0416 e. The van der Waals surface area contributed by atoms with Gasteiger partial charge in [-0.3, -0.25) is 4.98 Å².